The van der Waals surface area contributed by atoms with Crippen LogP contribution in [-0.2, 0) is 13.1 Å². The number of rotatable bonds is 7. The van der Waals surface area contributed by atoms with Gasteiger partial charge in [0.15, 0.2) is 0 Å². The smallest absolute Gasteiger partial charge is 0.106 e. The monoisotopic (exact) mass is 242 g/mol. The van der Waals surface area contributed by atoms with Crippen molar-refractivity contribution in [2.75, 3.05) is 34.2 Å². The maximum Gasteiger partial charge on any atom is 0.106 e. The number of aromatic nitrogens is 1. The lowest BCUT2D eigenvalue weighted by Gasteiger charge is -2.16. The Kier molecular flexibility index (Phi) is 5.90. The van der Waals surface area contributed by atoms with E-state index in [0.29, 0.717) is 6.54 Å². The minimum absolute atomic E-state index is 0.551. The first-order valence-electron chi connectivity index (χ1n) is 5.58. The van der Waals surface area contributed by atoms with Crippen molar-refractivity contribution in [1.29, 1.82) is 0 Å². The van der Waals surface area contributed by atoms with Crippen molar-refractivity contribution in [2.45, 2.75) is 19.5 Å². The van der Waals surface area contributed by atoms with Gasteiger partial charge in [-0.1, -0.05) is 0 Å². The minimum atomic E-state index is 0.551. The van der Waals surface area contributed by atoms with Gasteiger partial charge in [0.05, 0.1) is 5.69 Å². The topological polar surface area (TPSA) is 45.4 Å². The lowest BCUT2D eigenvalue weighted by atomic mass is 10.3. The third-order valence-electron chi connectivity index (χ3n) is 2.35. The molecule has 0 unspecified atom stereocenters. The van der Waals surface area contributed by atoms with Crippen LogP contribution in [0.1, 0.15) is 17.1 Å². The lowest BCUT2D eigenvalue weighted by Crippen LogP contribution is -2.23. The molecule has 1 aromatic rings. The Bertz CT molecular complexity index is 298. The molecular formula is C11H22N4S. The molecule has 0 aliphatic rings. The van der Waals surface area contributed by atoms with Crippen molar-refractivity contribution in [2.24, 2.45) is 5.73 Å². The van der Waals surface area contributed by atoms with Crippen LogP contribution in [-0.4, -0.2) is 49.0 Å². The van der Waals surface area contributed by atoms with E-state index in [1.807, 2.05) is 0 Å². The molecule has 0 radical (unpaired) electrons. The molecule has 4 nitrogen and oxygen atoms in total. The molecule has 92 valence electrons. The van der Waals surface area contributed by atoms with Crippen LogP contribution in [0.25, 0.3) is 0 Å². The van der Waals surface area contributed by atoms with E-state index in [-0.39, 0.29) is 0 Å². The molecule has 5 heteroatoms. The summed E-state index contributed by atoms with van der Waals surface area (Å²) in [6.07, 6.45) is 1.19. The predicted octanol–water partition coefficient (Wildman–Crippen LogP) is 0.985. The summed E-state index contributed by atoms with van der Waals surface area (Å²) in [5.41, 5.74) is 6.67. The molecule has 2 N–H and O–H groups in total. The van der Waals surface area contributed by atoms with Crippen molar-refractivity contribution in [1.82, 2.24) is 14.8 Å². The Morgan fingerprint density at radius 2 is 2.06 bits per heavy atom. The highest BCUT2D eigenvalue weighted by Gasteiger charge is 2.04. The molecular weight excluding hydrogens is 220 g/mol. The SMILES string of the molecule is CN(C)CCCN(C)Cc1csc(CN)n1. The van der Waals surface area contributed by atoms with E-state index < -0.39 is 0 Å². The number of nitrogens with two attached hydrogens (primary N) is 1. The van der Waals surface area contributed by atoms with Crippen LogP contribution < -0.4 is 5.73 Å². The van der Waals surface area contributed by atoms with E-state index in [1.54, 1.807) is 11.3 Å². The van der Waals surface area contributed by atoms with E-state index in [1.165, 1.54) is 6.42 Å². The molecule has 0 saturated heterocycles. The number of hydrogen-bond acceptors (Lipinski definition) is 5. The maximum atomic E-state index is 5.54. The van der Waals surface area contributed by atoms with Gasteiger partial charge in [-0.2, -0.15) is 0 Å². The molecule has 0 fully saturated rings. The number of hydrogen-bond donors (Lipinski definition) is 1. The zero-order chi connectivity index (χ0) is 12.0. The van der Waals surface area contributed by atoms with E-state index in [9.17, 15) is 0 Å². The molecule has 0 bridgehead atoms. The fraction of sp³-hybridized carbons (Fsp3) is 0.727. The first kappa shape index (κ1) is 13.6. The van der Waals surface area contributed by atoms with Gasteiger partial charge in [-0.3, -0.25) is 0 Å². The van der Waals surface area contributed by atoms with Crippen molar-refractivity contribution in [3.8, 4) is 0 Å². The van der Waals surface area contributed by atoms with Crippen LogP contribution in [0, 0.1) is 0 Å². The van der Waals surface area contributed by atoms with Crippen LogP contribution in [0.4, 0.5) is 0 Å². The molecule has 0 atom stereocenters. The van der Waals surface area contributed by atoms with Gasteiger partial charge < -0.3 is 15.5 Å². The Morgan fingerprint density at radius 3 is 2.62 bits per heavy atom. The average molecular weight is 242 g/mol. The second-order valence-electron chi connectivity index (χ2n) is 4.33. The highest BCUT2D eigenvalue weighted by Crippen LogP contribution is 2.10. The van der Waals surface area contributed by atoms with Gasteiger partial charge in [-0.25, -0.2) is 4.98 Å². The van der Waals surface area contributed by atoms with Crippen LogP contribution in [0.3, 0.4) is 0 Å². The first-order valence-corrected chi connectivity index (χ1v) is 6.46. The van der Waals surface area contributed by atoms with Crippen molar-refractivity contribution in [3.63, 3.8) is 0 Å². The fourth-order valence-electron chi connectivity index (χ4n) is 1.53. The largest absolute Gasteiger partial charge is 0.325 e. The summed E-state index contributed by atoms with van der Waals surface area (Å²) in [6, 6.07) is 0. The second kappa shape index (κ2) is 6.96. The normalized spacial score (nSPS) is 11.6. The Labute approximate surface area is 102 Å². The molecule has 1 heterocycles. The molecule has 1 rings (SSSR count). The highest BCUT2D eigenvalue weighted by atomic mass is 32.1. The summed E-state index contributed by atoms with van der Waals surface area (Å²) < 4.78 is 0. The lowest BCUT2D eigenvalue weighted by molar-refractivity contribution is 0.292. The van der Waals surface area contributed by atoms with Gasteiger partial charge in [0, 0.05) is 18.5 Å². The Balaban J connectivity index is 2.25. The summed E-state index contributed by atoms with van der Waals surface area (Å²) in [4.78, 5) is 8.97. The van der Waals surface area contributed by atoms with E-state index in [0.717, 1.165) is 30.3 Å². The molecule has 0 aliphatic carbocycles. The highest BCUT2D eigenvalue weighted by molar-refractivity contribution is 7.09. The third-order valence-corrected chi connectivity index (χ3v) is 3.27. The predicted molar refractivity (Wildman–Crippen MR) is 69.5 cm³/mol. The summed E-state index contributed by atoms with van der Waals surface area (Å²) >= 11 is 1.65. The van der Waals surface area contributed by atoms with Crippen molar-refractivity contribution < 1.29 is 0 Å². The van der Waals surface area contributed by atoms with Crippen LogP contribution in [0.5, 0.6) is 0 Å². The van der Waals surface area contributed by atoms with Gasteiger partial charge in [0.25, 0.3) is 0 Å². The van der Waals surface area contributed by atoms with Gasteiger partial charge in [0.2, 0.25) is 0 Å². The van der Waals surface area contributed by atoms with E-state index in [4.69, 9.17) is 5.73 Å². The number of thiazole rings is 1. The Hall–Kier alpha value is -0.490. The molecule has 1 aromatic heterocycles. The average Bonchev–Trinajstić information content (AvgIpc) is 2.65. The molecule has 16 heavy (non-hydrogen) atoms. The standard InChI is InChI=1S/C11H22N4S/c1-14(2)5-4-6-15(3)8-10-9-16-11(7-12)13-10/h9H,4-8,12H2,1-3H3. The summed E-state index contributed by atoms with van der Waals surface area (Å²) in [5, 5.41) is 3.13. The fourth-order valence-corrected chi connectivity index (χ4v) is 2.19. The second-order valence-corrected chi connectivity index (χ2v) is 5.27. The van der Waals surface area contributed by atoms with Gasteiger partial charge in [-0.05, 0) is 40.7 Å². The third kappa shape index (κ3) is 5.03. The molecule has 0 saturated carbocycles. The maximum absolute atomic E-state index is 5.54. The zero-order valence-electron chi connectivity index (χ0n) is 10.4. The molecule has 0 amide bonds. The minimum Gasteiger partial charge on any atom is -0.325 e. The van der Waals surface area contributed by atoms with E-state index >= 15 is 0 Å². The molecule has 0 spiro atoms. The van der Waals surface area contributed by atoms with Crippen LogP contribution in [0.2, 0.25) is 0 Å². The van der Waals surface area contributed by atoms with E-state index in [2.05, 4.69) is 41.3 Å². The molecule has 0 aromatic carbocycles. The van der Waals surface area contributed by atoms with Crippen LogP contribution >= 0.6 is 11.3 Å². The Morgan fingerprint density at radius 1 is 1.31 bits per heavy atom. The van der Waals surface area contributed by atoms with Crippen molar-refractivity contribution >= 4 is 11.3 Å². The molecule has 0 aliphatic heterocycles. The quantitative estimate of drug-likeness (QED) is 0.774. The van der Waals surface area contributed by atoms with Gasteiger partial charge >= 0.3 is 0 Å². The van der Waals surface area contributed by atoms with Gasteiger partial charge in [-0.15, -0.1) is 11.3 Å². The zero-order valence-corrected chi connectivity index (χ0v) is 11.3. The summed E-state index contributed by atoms with van der Waals surface area (Å²) in [7, 11) is 6.35. The van der Waals surface area contributed by atoms with Gasteiger partial charge in [0.1, 0.15) is 5.01 Å². The van der Waals surface area contributed by atoms with Crippen molar-refractivity contribution in [3.05, 3.63) is 16.1 Å². The van der Waals surface area contributed by atoms with Crippen LogP contribution in [0.15, 0.2) is 5.38 Å². The summed E-state index contributed by atoms with van der Waals surface area (Å²) in [6.45, 7) is 3.71. The summed E-state index contributed by atoms with van der Waals surface area (Å²) in [5.74, 6) is 0. The number of nitrogens with zero attached hydrogens (tertiary/aromatic N) is 3. The first-order chi connectivity index (χ1) is 7.61.